The average Bonchev–Trinajstić information content (AvgIpc) is 2.85. The molecule has 0 bridgehead atoms. The summed E-state index contributed by atoms with van der Waals surface area (Å²) in [6.45, 7) is 1.03. The zero-order valence-electron chi connectivity index (χ0n) is 11.9. The second-order valence-corrected chi connectivity index (χ2v) is 4.72. The minimum atomic E-state index is -0.152. The highest BCUT2D eigenvalue weighted by Gasteiger charge is 2.06. The number of nitrogen functional groups attached to an aromatic ring is 1. The number of aromatic nitrogens is 4. The molecule has 0 aliphatic heterocycles. The molecule has 2 aromatic heterocycles. The molecule has 2 heterocycles. The SMILES string of the molecule is COCCNC(=O)Cn1cc(Nc2cc(Cl)nc(N)n2)cn1. The van der Waals surface area contributed by atoms with Gasteiger partial charge in [-0.15, -0.1) is 0 Å². The van der Waals surface area contributed by atoms with Crippen LogP contribution in [0.1, 0.15) is 0 Å². The number of rotatable bonds is 7. The fraction of sp³-hybridized carbons (Fsp3) is 0.333. The fourth-order valence-electron chi connectivity index (χ4n) is 1.66. The highest BCUT2D eigenvalue weighted by atomic mass is 35.5. The first kappa shape index (κ1) is 16.0. The van der Waals surface area contributed by atoms with Crippen molar-refractivity contribution in [2.45, 2.75) is 6.54 Å². The summed E-state index contributed by atoms with van der Waals surface area (Å²) in [4.78, 5) is 19.4. The smallest absolute Gasteiger partial charge is 0.241 e. The molecule has 9 nitrogen and oxygen atoms in total. The summed E-state index contributed by atoms with van der Waals surface area (Å²) in [5.74, 6) is 0.363. The number of halogens is 1. The van der Waals surface area contributed by atoms with Crippen LogP contribution in [0.3, 0.4) is 0 Å². The molecule has 118 valence electrons. The van der Waals surface area contributed by atoms with Crippen LogP contribution in [0.4, 0.5) is 17.5 Å². The van der Waals surface area contributed by atoms with Crippen LogP contribution in [0, 0.1) is 0 Å². The summed E-state index contributed by atoms with van der Waals surface area (Å²) in [6, 6.07) is 1.53. The Hall–Kier alpha value is -2.39. The first-order valence-corrected chi connectivity index (χ1v) is 6.80. The van der Waals surface area contributed by atoms with Gasteiger partial charge in [0.25, 0.3) is 0 Å². The van der Waals surface area contributed by atoms with Gasteiger partial charge in [-0.25, -0.2) is 4.98 Å². The van der Waals surface area contributed by atoms with Crippen molar-refractivity contribution in [1.29, 1.82) is 0 Å². The summed E-state index contributed by atoms with van der Waals surface area (Å²) in [7, 11) is 1.57. The van der Waals surface area contributed by atoms with Gasteiger partial charge in [-0.05, 0) is 0 Å². The van der Waals surface area contributed by atoms with Gasteiger partial charge in [-0.3, -0.25) is 9.48 Å². The first-order valence-electron chi connectivity index (χ1n) is 6.42. The van der Waals surface area contributed by atoms with E-state index in [1.54, 1.807) is 19.5 Å². The number of hydrogen-bond acceptors (Lipinski definition) is 7. The lowest BCUT2D eigenvalue weighted by molar-refractivity contribution is -0.122. The highest BCUT2D eigenvalue weighted by molar-refractivity contribution is 6.29. The zero-order chi connectivity index (χ0) is 15.9. The number of methoxy groups -OCH3 is 1. The Morgan fingerprint density at radius 3 is 3.05 bits per heavy atom. The van der Waals surface area contributed by atoms with Gasteiger partial charge in [0.15, 0.2) is 0 Å². The van der Waals surface area contributed by atoms with E-state index in [-0.39, 0.29) is 23.6 Å². The zero-order valence-corrected chi connectivity index (χ0v) is 12.7. The molecule has 0 unspecified atom stereocenters. The van der Waals surface area contributed by atoms with E-state index < -0.39 is 0 Å². The third kappa shape index (κ3) is 4.86. The largest absolute Gasteiger partial charge is 0.383 e. The molecule has 0 atom stereocenters. The maximum Gasteiger partial charge on any atom is 0.241 e. The first-order chi connectivity index (χ1) is 10.6. The second kappa shape index (κ2) is 7.57. The normalized spacial score (nSPS) is 10.5. The summed E-state index contributed by atoms with van der Waals surface area (Å²) < 4.78 is 6.35. The number of amides is 1. The lowest BCUT2D eigenvalue weighted by Crippen LogP contribution is -2.30. The van der Waals surface area contributed by atoms with Crippen LogP contribution in [0.15, 0.2) is 18.5 Å². The molecule has 0 spiro atoms. The maximum absolute atomic E-state index is 11.6. The minimum absolute atomic E-state index is 0.0694. The van der Waals surface area contributed by atoms with Gasteiger partial charge in [0.05, 0.1) is 18.5 Å². The van der Waals surface area contributed by atoms with E-state index in [1.807, 2.05) is 0 Å². The van der Waals surface area contributed by atoms with Gasteiger partial charge >= 0.3 is 0 Å². The van der Waals surface area contributed by atoms with Gasteiger partial charge in [0.2, 0.25) is 11.9 Å². The lowest BCUT2D eigenvalue weighted by Gasteiger charge is -2.05. The van der Waals surface area contributed by atoms with Gasteiger partial charge in [-0.1, -0.05) is 11.6 Å². The number of carbonyl (C=O) groups excluding carboxylic acids is 1. The van der Waals surface area contributed by atoms with Gasteiger partial charge < -0.3 is 21.1 Å². The van der Waals surface area contributed by atoms with Gasteiger partial charge in [0, 0.05) is 25.9 Å². The summed E-state index contributed by atoms with van der Waals surface area (Å²) in [6.07, 6.45) is 3.23. The fourth-order valence-corrected chi connectivity index (χ4v) is 1.85. The molecule has 0 aliphatic carbocycles. The standard InChI is InChI=1S/C12H16ClN7O2/c1-22-3-2-15-11(21)7-20-6-8(5-16-20)17-10-4-9(13)18-12(14)19-10/h4-6H,2-3,7H2,1H3,(H,15,21)(H3,14,17,18,19). The molecule has 4 N–H and O–H groups in total. The molecule has 10 heteroatoms. The highest BCUT2D eigenvalue weighted by Crippen LogP contribution is 2.17. The van der Waals surface area contributed by atoms with Crippen LogP contribution in [0.25, 0.3) is 0 Å². The van der Waals surface area contributed by atoms with E-state index >= 15 is 0 Å². The van der Waals surface area contributed by atoms with Gasteiger partial charge in [-0.2, -0.15) is 10.1 Å². The van der Waals surface area contributed by atoms with Gasteiger partial charge in [0.1, 0.15) is 17.5 Å². The Balaban J connectivity index is 1.92. The van der Waals surface area contributed by atoms with Crippen molar-refractivity contribution in [3.63, 3.8) is 0 Å². The molecule has 0 aromatic carbocycles. The third-order valence-electron chi connectivity index (χ3n) is 2.55. The number of nitrogens with zero attached hydrogens (tertiary/aromatic N) is 4. The summed E-state index contributed by atoms with van der Waals surface area (Å²) in [5.41, 5.74) is 6.16. The van der Waals surface area contributed by atoms with Crippen LogP contribution in [-0.4, -0.2) is 45.9 Å². The van der Waals surface area contributed by atoms with E-state index in [9.17, 15) is 4.79 Å². The number of carbonyl (C=O) groups is 1. The third-order valence-corrected chi connectivity index (χ3v) is 2.75. The van der Waals surface area contributed by atoms with Crippen molar-refractivity contribution in [1.82, 2.24) is 25.1 Å². The van der Waals surface area contributed by atoms with Crippen LogP contribution >= 0.6 is 11.6 Å². The Bertz CT molecular complexity index is 626. The number of ether oxygens (including phenoxy) is 1. The topological polar surface area (TPSA) is 120 Å². The summed E-state index contributed by atoms with van der Waals surface area (Å²) >= 11 is 5.80. The van der Waals surface area contributed by atoms with E-state index in [4.69, 9.17) is 22.1 Å². The number of nitrogens with one attached hydrogen (secondary N) is 2. The molecule has 1 amide bonds. The molecule has 2 aromatic rings. The minimum Gasteiger partial charge on any atom is -0.383 e. The van der Waals surface area contributed by atoms with Crippen molar-refractivity contribution < 1.29 is 9.53 Å². The van der Waals surface area contributed by atoms with Crippen molar-refractivity contribution in [3.8, 4) is 0 Å². The second-order valence-electron chi connectivity index (χ2n) is 4.33. The molecule has 0 aliphatic rings. The van der Waals surface area contributed by atoms with E-state index in [0.717, 1.165) is 0 Å². The molecular weight excluding hydrogens is 310 g/mol. The van der Waals surface area contributed by atoms with Crippen LogP contribution in [0.5, 0.6) is 0 Å². The number of hydrogen-bond donors (Lipinski definition) is 3. The Labute approximate surface area is 131 Å². The maximum atomic E-state index is 11.6. The molecule has 0 saturated heterocycles. The van der Waals surface area contributed by atoms with Crippen molar-refractivity contribution in [3.05, 3.63) is 23.6 Å². The Morgan fingerprint density at radius 1 is 1.50 bits per heavy atom. The van der Waals surface area contributed by atoms with E-state index in [1.165, 1.54) is 10.7 Å². The van der Waals surface area contributed by atoms with E-state index in [0.29, 0.717) is 24.7 Å². The molecular formula is C12H16ClN7O2. The predicted octanol–water partition coefficient (Wildman–Crippen LogP) is 0.415. The molecule has 0 saturated carbocycles. The number of nitrogens with two attached hydrogens (primary N) is 1. The molecule has 0 fully saturated rings. The molecule has 2 rings (SSSR count). The van der Waals surface area contributed by atoms with E-state index in [2.05, 4.69) is 25.7 Å². The summed E-state index contributed by atoms with van der Waals surface area (Å²) in [5, 5.41) is 10.0. The van der Waals surface area contributed by atoms with Crippen LogP contribution < -0.4 is 16.4 Å². The van der Waals surface area contributed by atoms with Crippen LogP contribution in [0.2, 0.25) is 5.15 Å². The van der Waals surface area contributed by atoms with Crippen molar-refractivity contribution in [2.24, 2.45) is 0 Å². The predicted molar refractivity (Wildman–Crippen MR) is 81.8 cm³/mol. The quantitative estimate of drug-likeness (QED) is 0.498. The average molecular weight is 326 g/mol. The lowest BCUT2D eigenvalue weighted by atomic mass is 10.5. The van der Waals surface area contributed by atoms with Crippen molar-refractivity contribution in [2.75, 3.05) is 31.3 Å². The van der Waals surface area contributed by atoms with Crippen LogP contribution in [-0.2, 0) is 16.1 Å². The number of anilines is 3. The monoisotopic (exact) mass is 325 g/mol. The Morgan fingerprint density at radius 2 is 2.32 bits per heavy atom. The Kier molecular flexibility index (Phi) is 5.50. The molecule has 0 radical (unpaired) electrons. The molecule has 22 heavy (non-hydrogen) atoms. The van der Waals surface area contributed by atoms with Crippen molar-refractivity contribution >= 4 is 35.0 Å².